The van der Waals surface area contributed by atoms with Gasteiger partial charge in [-0.2, -0.15) is 0 Å². The quantitative estimate of drug-likeness (QED) is 0.623. The summed E-state index contributed by atoms with van der Waals surface area (Å²) in [7, 11) is 0. The van der Waals surface area contributed by atoms with E-state index in [1.165, 1.54) is 12.8 Å². The Kier molecular flexibility index (Phi) is 4.58. The summed E-state index contributed by atoms with van der Waals surface area (Å²) in [5.74, 6) is 0.694. The summed E-state index contributed by atoms with van der Waals surface area (Å²) >= 11 is 3.22. The highest BCUT2D eigenvalue weighted by atomic mass is 79.9. The molecule has 2 unspecified atom stereocenters. The van der Waals surface area contributed by atoms with E-state index >= 15 is 0 Å². The average Bonchev–Trinajstić information content (AvgIpc) is 2.37. The Labute approximate surface area is 122 Å². The molecule has 1 heterocycles. The van der Waals surface area contributed by atoms with E-state index in [-0.39, 0.29) is 10.6 Å². The van der Waals surface area contributed by atoms with Crippen LogP contribution in [0.5, 0.6) is 0 Å². The second-order valence-electron chi connectivity index (χ2n) is 5.37. The Morgan fingerprint density at radius 2 is 2.21 bits per heavy atom. The van der Waals surface area contributed by atoms with Gasteiger partial charge in [-0.25, -0.2) is 0 Å². The fraction of sp³-hybridized carbons (Fsp3) is 0.571. The van der Waals surface area contributed by atoms with Crippen LogP contribution in [-0.4, -0.2) is 22.4 Å². The van der Waals surface area contributed by atoms with E-state index in [0.29, 0.717) is 16.4 Å². The van der Waals surface area contributed by atoms with Crippen molar-refractivity contribution in [2.75, 3.05) is 6.54 Å². The van der Waals surface area contributed by atoms with Crippen LogP contribution >= 0.6 is 15.9 Å². The molecule has 0 saturated carbocycles. The van der Waals surface area contributed by atoms with Crippen molar-refractivity contribution in [2.45, 2.75) is 39.3 Å². The molecule has 4 nitrogen and oxygen atoms in total. The van der Waals surface area contributed by atoms with Crippen LogP contribution in [0, 0.1) is 16.0 Å². The number of piperidine rings is 1. The fourth-order valence-electron chi connectivity index (χ4n) is 2.68. The fourth-order valence-corrected chi connectivity index (χ4v) is 3.07. The Balaban J connectivity index is 2.15. The smallest absolute Gasteiger partial charge is 0.283 e. The largest absolute Gasteiger partial charge is 0.296 e. The molecule has 0 N–H and O–H groups in total. The van der Waals surface area contributed by atoms with Crippen molar-refractivity contribution in [3.8, 4) is 0 Å². The number of likely N-dealkylation sites (tertiary alicyclic amines) is 1. The van der Waals surface area contributed by atoms with Gasteiger partial charge in [0.25, 0.3) is 5.69 Å². The zero-order valence-electron chi connectivity index (χ0n) is 11.3. The number of benzene rings is 1. The minimum absolute atomic E-state index is 0.148. The minimum Gasteiger partial charge on any atom is -0.296 e. The van der Waals surface area contributed by atoms with Crippen LogP contribution in [0.2, 0.25) is 0 Å². The lowest BCUT2D eigenvalue weighted by Gasteiger charge is -2.37. The van der Waals surface area contributed by atoms with Gasteiger partial charge in [-0.15, -0.1) is 0 Å². The van der Waals surface area contributed by atoms with Gasteiger partial charge in [-0.3, -0.25) is 15.0 Å². The number of nitro benzene ring substituents is 1. The molecule has 5 heteroatoms. The predicted molar refractivity (Wildman–Crippen MR) is 79.1 cm³/mol. The first-order chi connectivity index (χ1) is 8.99. The summed E-state index contributed by atoms with van der Waals surface area (Å²) in [5, 5.41) is 10.9. The van der Waals surface area contributed by atoms with Crippen LogP contribution in [0.15, 0.2) is 22.7 Å². The van der Waals surface area contributed by atoms with Gasteiger partial charge < -0.3 is 0 Å². The Morgan fingerprint density at radius 1 is 1.47 bits per heavy atom. The molecule has 2 atom stereocenters. The van der Waals surface area contributed by atoms with Crippen molar-refractivity contribution in [1.82, 2.24) is 4.90 Å². The molecule has 2 rings (SSSR count). The molecule has 104 valence electrons. The van der Waals surface area contributed by atoms with Crippen LogP contribution in [-0.2, 0) is 6.54 Å². The molecule has 1 fully saturated rings. The van der Waals surface area contributed by atoms with Gasteiger partial charge in [0.2, 0.25) is 0 Å². The molecular weight excluding hydrogens is 308 g/mol. The third kappa shape index (κ3) is 3.34. The van der Waals surface area contributed by atoms with Crippen LogP contribution in [0.25, 0.3) is 0 Å². The number of halogens is 1. The van der Waals surface area contributed by atoms with E-state index < -0.39 is 0 Å². The van der Waals surface area contributed by atoms with Crippen LogP contribution < -0.4 is 0 Å². The lowest BCUT2D eigenvalue weighted by atomic mass is 9.92. The van der Waals surface area contributed by atoms with Gasteiger partial charge in [-0.1, -0.05) is 13.0 Å². The van der Waals surface area contributed by atoms with Crippen molar-refractivity contribution in [1.29, 1.82) is 0 Å². The van der Waals surface area contributed by atoms with E-state index in [9.17, 15) is 10.1 Å². The lowest BCUT2D eigenvalue weighted by Crippen LogP contribution is -2.41. The molecule has 0 spiro atoms. The van der Waals surface area contributed by atoms with Crippen LogP contribution in [0.1, 0.15) is 32.3 Å². The van der Waals surface area contributed by atoms with E-state index in [1.54, 1.807) is 12.1 Å². The Bertz CT molecular complexity index is 479. The lowest BCUT2D eigenvalue weighted by molar-refractivity contribution is -0.385. The van der Waals surface area contributed by atoms with E-state index in [0.717, 1.165) is 18.7 Å². The van der Waals surface area contributed by atoms with E-state index in [1.807, 2.05) is 6.07 Å². The van der Waals surface area contributed by atoms with Crippen LogP contribution in [0.4, 0.5) is 5.69 Å². The Hall–Kier alpha value is -0.940. The summed E-state index contributed by atoms with van der Waals surface area (Å²) in [6.07, 6.45) is 2.49. The topological polar surface area (TPSA) is 46.4 Å². The maximum Gasteiger partial charge on any atom is 0.283 e. The van der Waals surface area contributed by atoms with Gasteiger partial charge in [0.05, 0.1) is 9.40 Å². The van der Waals surface area contributed by atoms with Gasteiger partial charge in [0.1, 0.15) is 0 Å². The molecule has 1 aliphatic rings. The first-order valence-electron chi connectivity index (χ1n) is 6.66. The molecule has 1 aromatic carbocycles. The van der Waals surface area contributed by atoms with E-state index in [2.05, 4.69) is 34.7 Å². The normalized spacial score (nSPS) is 24.4. The van der Waals surface area contributed by atoms with Gasteiger partial charge in [0.15, 0.2) is 0 Å². The minimum atomic E-state index is -0.337. The van der Waals surface area contributed by atoms with Crippen molar-refractivity contribution in [2.24, 2.45) is 5.92 Å². The maximum absolute atomic E-state index is 10.9. The summed E-state index contributed by atoms with van der Waals surface area (Å²) in [6, 6.07) is 5.95. The highest BCUT2D eigenvalue weighted by Gasteiger charge is 2.25. The number of rotatable bonds is 3. The van der Waals surface area contributed by atoms with Crippen molar-refractivity contribution in [3.05, 3.63) is 38.3 Å². The molecule has 0 aromatic heterocycles. The molecule has 0 aliphatic carbocycles. The van der Waals surface area contributed by atoms with E-state index in [4.69, 9.17) is 0 Å². The standard InChI is InChI=1S/C14H19BrN2O2/c1-10-4-3-7-16(11(10)2)9-12-5-6-13(15)14(8-12)17(18)19/h5-6,8,10-11H,3-4,7,9H2,1-2H3. The summed E-state index contributed by atoms with van der Waals surface area (Å²) in [5.41, 5.74) is 1.16. The zero-order valence-corrected chi connectivity index (χ0v) is 12.9. The third-order valence-electron chi connectivity index (χ3n) is 4.10. The molecule has 1 aliphatic heterocycles. The maximum atomic E-state index is 10.9. The molecule has 0 bridgehead atoms. The molecule has 0 amide bonds. The molecular formula is C14H19BrN2O2. The molecule has 0 radical (unpaired) electrons. The predicted octanol–water partition coefficient (Wildman–Crippen LogP) is 3.98. The monoisotopic (exact) mass is 326 g/mol. The zero-order chi connectivity index (χ0) is 14.0. The van der Waals surface area contributed by atoms with Crippen molar-refractivity contribution < 1.29 is 4.92 Å². The number of nitro groups is 1. The highest BCUT2D eigenvalue weighted by Crippen LogP contribution is 2.28. The van der Waals surface area contributed by atoms with Gasteiger partial charge >= 0.3 is 0 Å². The average molecular weight is 327 g/mol. The summed E-state index contributed by atoms with van der Waals surface area (Å²) in [4.78, 5) is 13.0. The molecule has 1 saturated heterocycles. The van der Waals surface area contributed by atoms with Gasteiger partial charge in [-0.05, 0) is 59.8 Å². The SMILES string of the molecule is CC1CCCN(Cc2ccc(Br)c([N+](=O)[O-])c2)C1C. The van der Waals surface area contributed by atoms with Crippen molar-refractivity contribution in [3.63, 3.8) is 0 Å². The summed E-state index contributed by atoms with van der Waals surface area (Å²) < 4.78 is 0.543. The number of hydrogen-bond donors (Lipinski definition) is 0. The van der Waals surface area contributed by atoms with Crippen molar-refractivity contribution >= 4 is 21.6 Å². The molecule has 19 heavy (non-hydrogen) atoms. The van der Waals surface area contributed by atoms with Crippen LogP contribution in [0.3, 0.4) is 0 Å². The number of hydrogen-bond acceptors (Lipinski definition) is 3. The summed E-state index contributed by atoms with van der Waals surface area (Å²) in [6.45, 7) is 6.40. The Morgan fingerprint density at radius 3 is 2.89 bits per heavy atom. The number of nitrogens with zero attached hydrogens (tertiary/aromatic N) is 2. The highest BCUT2D eigenvalue weighted by molar-refractivity contribution is 9.10. The first-order valence-corrected chi connectivity index (χ1v) is 7.45. The second-order valence-corrected chi connectivity index (χ2v) is 6.23. The third-order valence-corrected chi connectivity index (χ3v) is 4.77. The molecule has 1 aromatic rings. The van der Waals surface area contributed by atoms with Gasteiger partial charge in [0, 0.05) is 18.7 Å². The first kappa shape index (κ1) is 14.5. The second kappa shape index (κ2) is 6.01.